The van der Waals surface area contributed by atoms with Crippen LogP contribution in [0.4, 0.5) is 0 Å². The third kappa shape index (κ3) is 4.10. The Kier molecular flexibility index (Phi) is 5.27. The van der Waals surface area contributed by atoms with Crippen LogP contribution < -0.4 is 0 Å². The molecule has 1 heterocycles. The Labute approximate surface area is 107 Å². The van der Waals surface area contributed by atoms with E-state index in [0.717, 1.165) is 0 Å². The molecule has 0 aliphatic carbocycles. The molecule has 0 saturated carbocycles. The second-order valence-electron chi connectivity index (χ2n) is 4.82. The molecule has 0 N–H and O–H groups in total. The van der Waals surface area contributed by atoms with Crippen molar-refractivity contribution in [3.63, 3.8) is 0 Å². The Morgan fingerprint density at radius 1 is 1.44 bits per heavy atom. The van der Waals surface area contributed by atoms with E-state index in [1.54, 1.807) is 0 Å². The van der Waals surface area contributed by atoms with Gasteiger partial charge in [0.25, 0.3) is 0 Å². The Balaban J connectivity index is 2.48. The molecule has 6 nitrogen and oxygen atoms in total. The van der Waals surface area contributed by atoms with Gasteiger partial charge in [-0.2, -0.15) is 4.98 Å². The molecule has 1 rings (SSSR count). The van der Waals surface area contributed by atoms with Gasteiger partial charge < -0.3 is 9.26 Å². The monoisotopic (exact) mass is 255 g/mol. The topological polar surface area (TPSA) is 68.5 Å². The van der Waals surface area contributed by atoms with Crippen LogP contribution in [0.15, 0.2) is 4.52 Å². The average molecular weight is 255 g/mol. The van der Waals surface area contributed by atoms with E-state index in [0.29, 0.717) is 24.8 Å². The minimum absolute atomic E-state index is 0.170. The zero-order valence-electron chi connectivity index (χ0n) is 11.6. The number of rotatable bonds is 6. The van der Waals surface area contributed by atoms with E-state index < -0.39 is 0 Å². The van der Waals surface area contributed by atoms with Gasteiger partial charge in [-0.1, -0.05) is 25.9 Å². The van der Waals surface area contributed by atoms with Crippen LogP contribution in [0.25, 0.3) is 0 Å². The Bertz CT molecular complexity index is 390. The lowest BCUT2D eigenvalue weighted by atomic mass is 10.2. The van der Waals surface area contributed by atoms with Crippen LogP contribution >= 0.6 is 0 Å². The summed E-state index contributed by atoms with van der Waals surface area (Å²) < 4.78 is 9.80. The molecular formula is C12H21N3O3. The number of ether oxygens (including phenoxy) is 1. The van der Waals surface area contributed by atoms with E-state index in [2.05, 4.69) is 14.9 Å². The Morgan fingerprint density at radius 2 is 2.11 bits per heavy atom. The summed E-state index contributed by atoms with van der Waals surface area (Å²) in [7, 11) is 3.30. The summed E-state index contributed by atoms with van der Waals surface area (Å²) in [6.07, 6.45) is 0. The highest BCUT2D eigenvalue weighted by atomic mass is 16.5. The van der Waals surface area contributed by atoms with Crippen molar-refractivity contribution in [1.29, 1.82) is 0 Å². The second kappa shape index (κ2) is 6.49. The van der Waals surface area contributed by atoms with Crippen LogP contribution in [0.2, 0.25) is 0 Å². The molecule has 1 aromatic rings. The van der Waals surface area contributed by atoms with Crippen LogP contribution in [-0.2, 0) is 16.1 Å². The molecule has 0 aromatic carbocycles. The van der Waals surface area contributed by atoms with Crippen molar-refractivity contribution in [3.05, 3.63) is 11.7 Å². The van der Waals surface area contributed by atoms with E-state index in [1.165, 1.54) is 7.11 Å². The van der Waals surface area contributed by atoms with Gasteiger partial charge in [0.2, 0.25) is 5.89 Å². The molecule has 18 heavy (non-hydrogen) atoms. The number of carbonyl (C=O) groups is 1. The molecule has 0 fully saturated rings. The third-order valence-electron chi connectivity index (χ3n) is 2.58. The van der Waals surface area contributed by atoms with Crippen molar-refractivity contribution in [2.24, 2.45) is 5.92 Å². The van der Waals surface area contributed by atoms with E-state index in [-0.39, 0.29) is 17.8 Å². The summed E-state index contributed by atoms with van der Waals surface area (Å²) in [5.41, 5.74) is 0. The molecule has 6 heteroatoms. The van der Waals surface area contributed by atoms with Gasteiger partial charge >= 0.3 is 5.97 Å². The zero-order chi connectivity index (χ0) is 13.7. The van der Waals surface area contributed by atoms with Gasteiger partial charge in [-0.25, -0.2) is 0 Å². The minimum atomic E-state index is -0.210. The maximum Gasteiger partial charge on any atom is 0.309 e. The highest BCUT2D eigenvalue weighted by molar-refractivity contribution is 5.71. The predicted molar refractivity (Wildman–Crippen MR) is 65.9 cm³/mol. The first-order valence-electron chi connectivity index (χ1n) is 6.02. The van der Waals surface area contributed by atoms with Crippen LogP contribution in [0.3, 0.4) is 0 Å². The molecule has 1 aromatic heterocycles. The lowest BCUT2D eigenvalue weighted by Gasteiger charge is -2.17. The second-order valence-corrected chi connectivity index (χ2v) is 4.82. The first-order valence-corrected chi connectivity index (χ1v) is 6.02. The molecule has 0 aliphatic heterocycles. The smallest absolute Gasteiger partial charge is 0.309 e. The standard InChI is InChI=1S/C12H21N3O3/c1-8(2)11-13-10(14-18-11)7-15(4)6-9(3)12(16)17-5/h8-9H,6-7H2,1-5H3. The molecule has 0 bridgehead atoms. The number of hydrogen-bond acceptors (Lipinski definition) is 6. The van der Waals surface area contributed by atoms with Gasteiger partial charge in [-0.15, -0.1) is 0 Å². The van der Waals surface area contributed by atoms with E-state index in [4.69, 9.17) is 4.52 Å². The normalized spacial score (nSPS) is 13.1. The van der Waals surface area contributed by atoms with Crippen LogP contribution in [0.1, 0.15) is 38.4 Å². The summed E-state index contributed by atoms with van der Waals surface area (Å²) in [5, 5.41) is 3.91. The Morgan fingerprint density at radius 3 is 2.61 bits per heavy atom. The van der Waals surface area contributed by atoms with Crippen molar-refractivity contribution in [1.82, 2.24) is 15.0 Å². The van der Waals surface area contributed by atoms with Gasteiger partial charge in [-0.05, 0) is 7.05 Å². The maximum atomic E-state index is 11.3. The summed E-state index contributed by atoms with van der Waals surface area (Å²) in [6, 6.07) is 0. The van der Waals surface area contributed by atoms with E-state index in [9.17, 15) is 4.79 Å². The first kappa shape index (κ1) is 14.6. The Hall–Kier alpha value is -1.43. The molecule has 102 valence electrons. The van der Waals surface area contributed by atoms with Crippen molar-refractivity contribution in [3.8, 4) is 0 Å². The minimum Gasteiger partial charge on any atom is -0.469 e. The van der Waals surface area contributed by atoms with Crippen molar-refractivity contribution < 1.29 is 14.1 Å². The van der Waals surface area contributed by atoms with Crippen molar-refractivity contribution >= 4 is 5.97 Å². The molecule has 1 atom stereocenters. The molecule has 1 unspecified atom stereocenters. The third-order valence-corrected chi connectivity index (χ3v) is 2.58. The van der Waals surface area contributed by atoms with Crippen molar-refractivity contribution in [2.45, 2.75) is 33.2 Å². The fourth-order valence-corrected chi connectivity index (χ4v) is 1.62. The number of hydrogen-bond donors (Lipinski definition) is 0. The highest BCUT2D eigenvalue weighted by Gasteiger charge is 2.17. The number of aromatic nitrogens is 2. The molecule has 0 saturated heterocycles. The van der Waals surface area contributed by atoms with Gasteiger partial charge in [0, 0.05) is 12.5 Å². The van der Waals surface area contributed by atoms with Gasteiger partial charge in [0.05, 0.1) is 19.6 Å². The SMILES string of the molecule is COC(=O)C(C)CN(C)Cc1noc(C(C)C)n1. The van der Waals surface area contributed by atoms with E-state index in [1.807, 2.05) is 32.7 Å². The van der Waals surface area contributed by atoms with Crippen LogP contribution in [-0.4, -0.2) is 41.7 Å². The van der Waals surface area contributed by atoms with Gasteiger partial charge in [-0.3, -0.25) is 9.69 Å². The molecule has 0 radical (unpaired) electrons. The predicted octanol–water partition coefficient (Wildman–Crippen LogP) is 1.43. The quantitative estimate of drug-likeness (QED) is 0.716. The first-order chi connectivity index (χ1) is 8.43. The van der Waals surface area contributed by atoms with Crippen LogP contribution in [0, 0.1) is 5.92 Å². The average Bonchev–Trinajstić information content (AvgIpc) is 2.76. The van der Waals surface area contributed by atoms with Gasteiger partial charge in [0.1, 0.15) is 0 Å². The fraction of sp³-hybridized carbons (Fsp3) is 0.750. The number of carbonyl (C=O) groups excluding carboxylic acids is 1. The largest absolute Gasteiger partial charge is 0.469 e. The zero-order valence-corrected chi connectivity index (χ0v) is 11.6. The summed E-state index contributed by atoms with van der Waals surface area (Å²) in [4.78, 5) is 17.5. The fourth-order valence-electron chi connectivity index (χ4n) is 1.62. The molecule has 0 spiro atoms. The molecule has 0 amide bonds. The molecule has 0 aliphatic rings. The number of nitrogens with zero attached hydrogens (tertiary/aromatic N) is 3. The summed E-state index contributed by atoms with van der Waals surface area (Å²) >= 11 is 0. The van der Waals surface area contributed by atoms with Gasteiger partial charge in [0.15, 0.2) is 5.82 Å². The number of methoxy groups -OCH3 is 1. The van der Waals surface area contributed by atoms with Crippen molar-refractivity contribution in [2.75, 3.05) is 20.7 Å². The summed E-state index contributed by atoms with van der Waals surface area (Å²) in [5.74, 6) is 1.12. The maximum absolute atomic E-state index is 11.3. The van der Waals surface area contributed by atoms with Crippen LogP contribution in [0.5, 0.6) is 0 Å². The lowest BCUT2D eigenvalue weighted by Crippen LogP contribution is -2.29. The number of esters is 1. The molecular weight excluding hydrogens is 234 g/mol. The highest BCUT2D eigenvalue weighted by Crippen LogP contribution is 2.12. The van der Waals surface area contributed by atoms with E-state index >= 15 is 0 Å². The summed E-state index contributed by atoms with van der Waals surface area (Å²) in [6.45, 7) is 6.98. The lowest BCUT2D eigenvalue weighted by molar-refractivity contribution is -0.145.